The topological polar surface area (TPSA) is 122 Å². The molecule has 0 spiro atoms. The molecule has 2 aromatic heterocycles. The first kappa shape index (κ1) is 21.4. The van der Waals surface area contributed by atoms with E-state index in [1.54, 1.807) is 30.5 Å². The van der Waals surface area contributed by atoms with Gasteiger partial charge in [0.15, 0.2) is 0 Å². The van der Waals surface area contributed by atoms with E-state index in [9.17, 15) is 13.2 Å². The van der Waals surface area contributed by atoms with Gasteiger partial charge in [0.1, 0.15) is 16.4 Å². The van der Waals surface area contributed by atoms with Crippen molar-refractivity contribution in [3.05, 3.63) is 53.4 Å². The summed E-state index contributed by atoms with van der Waals surface area (Å²) >= 11 is 6.06. The molecule has 2 aromatic rings. The number of nitrogens with one attached hydrogen (secondary N) is 1. The molecule has 0 bridgehead atoms. The molecule has 3 rings (SSSR count). The van der Waals surface area contributed by atoms with Crippen LogP contribution in [0.5, 0.6) is 5.88 Å². The Hall–Kier alpha value is -2.27. The number of hydrogen-bond donors (Lipinski definition) is 2. The van der Waals surface area contributed by atoms with Crippen molar-refractivity contribution in [2.45, 2.75) is 30.6 Å². The lowest BCUT2D eigenvalue weighted by Gasteiger charge is -2.33. The number of piperidine rings is 1. The van der Waals surface area contributed by atoms with Gasteiger partial charge in [-0.25, -0.2) is 23.2 Å². The molecule has 0 aromatic carbocycles. The fraction of sp³-hybridized carbons (Fsp3) is 0.389. The largest absolute Gasteiger partial charge is 0.473 e. The Morgan fingerprint density at radius 1 is 1.31 bits per heavy atom. The number of hydrogen-bond acceptors (Lipinski definition) is 7. The number of carbonyl (C=O) groups is 1. The molecule has 9 nitrogen and oxygen atoms in total. The zero-order valence-electron chi connectivity index (χ0n) is 15.4. The molecule has 29 heavy (non-hydrogen) atoms. The summed E-state index contributed by atoms with van der Waals surface area (Å²) in [4.78, 5) is 19.7. The average molecular weight is 441 g/mol. The smallest absolute Gasteiger partial charge is 0.245 e. The fourth-order valence-corrected chi connectivity index (χ4v) is 5.27. The number of pyridine rings is 2. The zero-order valence-corrected chi connectivity index (χ0v) is 17.0. The molecule has 1 amide bonds. The molecule has 1 fully saturated rings. The molecule has 0 aliphatic carbocycles. The summed E-state index contributed by atoms with van der Waals surface area (Å²) < 4.78 is 33.6. The number of hydroxylamine groups is 1. The summed E-state index contributed by atoms with van der Waals surface area (Å²) in [7, 11) is -3.86. The summed E-state index contributed by atoms with van der Waals surface area (Å²) in [5.41, 5.74) is 1.88. The maximum atomic E-state index is 13.2. The van der Waals surface area contributed by atoms with E-state index >= 15 is 0 Å². The summed E-state index contributed by atoms with van der Waals surface area (Å²) in [6.45, 7) is 0.462. The van der Waals surface area contributed by atoms with Gasteiger partial charge in [-0.3, -0.25) is 15.0 Å². The average Bonchev–Trinajstić information content (AvgIpc) is 2.74. The molecule has 0 saturated carbocycles. The van der Waals surface area contributed by atoms with Crippen molar-refractivity contribution < 1.29 is 23.2 Å². The first-order valence-corrected chi connectivity index (χ1v) is 10.9. The van der Waals surface area contributed by atoms with Gasteiger partial charge >= 0.3 is 0 Å². The van der Waals surface area contributed by atoms with Crippen LogP contribution < -0.4 is 10.2 Å². The van der Waals surface area contributed by atoms with Gasteiger partial charge < -0.3 is 4.74 Å². The maximum Gasteiger partial charge on any atom is 0.245 e. The molecule has 11 heteroatoms. The van der Waals surface area contributed by atoms with Crippen LogP contribution in [0.2, 0.25) is 5.02 Å². The van der Waals surface area contributed by atoms with Crippen molar-refractivity contribution in [3.8, 4) is 5.88 Å². The highest BCUT2D eigenvalue weighted by Crippen LogP contribution is 2.31. The van der Waals surface area contributed by atoms with Gasteiger partial charge in [-0.05, 0) is 36.6 Å². The summed E-state index contributed by atoms with van der Waals surface area (Å²) in [5, 5.41) is 8.10. The second-order valence-electron chi connectivity index (χ2n) is 6.57. The van der Waals surface area contributed by atoms with Crippen LogP contribution in [0.3, 0.4) is 0 Å². The SMILES string of the molecule is O=C(C[C@H](c1cccnc1)S(=O)(=O)N1CCC(Oc2ncccc2Cl)CC1)NO. The molecular weight excluding hydrogens is 420 g/mol. The van der Waals surface area contributed by atoms with E-state index in [0.29, 0.717) is 29.3 Å². The Morgan fingerprint density at radius 3 is 2.66 bits per heavy atom. The summed E-state index contributed by atoms with van der Waals surface area (Å²) in [5.74, 6) is -0.464. The van der Waals surface area contributed by atoms with Gasteiger partial charge in [-0.2, -0.15) is 0 Å². The van der Waals surface area contributed by atoms with Crippen molar-refractivity contribution in [2.24, 2.45) is 0 Å². The van der Waals surface area contributed by atoms with Crippen molar-refractivity contribution in [1.82, 2.24) is 19.8 Å². The molecule has 1 saturated heterocycles. The number of nitrogens with zero attached hydrogens (tertiary/aromatic N) is 3. The number of ether oxygens (including phenoxy) is 1. The van der Waals surface area contributed by atoms with Gasteiger partial charge in [0, 0.05) is 31.7 Å². The second kappa shape index (κ2) is 9.49. The number of rotatable bonds is 7. The third-order valence-electron chi connectivity index (χ3n) is 4.68. The van der Waals surface area contributed by atoms with E-state index in [-0.39, 0.29) is 19.2 Å². The normalized spacial score (nSPS) is 16.9. The van der Waals surface area contributed by atoms with Crippen LogP contribution in [0.4, 0.5) is 0 Å². The Labute approximate surface area is 173 Å². The maximum absolute atomic E-state index is 13.2. The van der Waals surface area contributed by atoms with E-state index in [0.717, 1.165) is 0 Å². The lowest BCUT2D eigenvalue weighted by Crippen LogP contribution is -2.44. The monoisotopic (exact) mass is 440 g/mol. The summed E-state index contributed by atoms with van der Waals surface area (Å²) in [6.07, 6.45) is 4.79. The molecule has 0 unspecified atom stereocenters. The molecule has 156 valence electrons. The van der Waals surface area contributed by atoms with Crippen LogP contribution in [-0.4, -0.2) is 53.0 Å². The number of carbonyl (C=O) groups excluding carboxylic acids is 1. The van der Waals surface area contributed by atoms with Crippen molar-refractivity contribution in [1.29, 1.82) is 0 Å². The first-order valence-electron chi connectivity index (χ1n) is 9.01. The fourth-order valence-electron chi connectivity index (χ4n) is 3.18. The predicted molar refractivity (Wildman–Crippen MR) is 105 cm³/mol. The van der Waals surface area contributed by atoms with Crippen LogP contribution in [0, 0.1) is 0 Å². The molecule has 2 N–H and O–H groups in total. The summed E-state index contributed by atoms with van der Waals surface area (Å²) in [6, 6.07) is 6.57. The van der Waals surface area contributed by atoms with E-state index in [1.165, 1.54) is 22.2 Å². The highest BCUT2D eigenvalue weighted by molar-refractivity contribution is 7.89. The van der Waals surface area contributed by atoms with Crippen LogP contribution in [0.15, 0.2) is 42.9 Å². The second-order valence-corrected chi connectivity index (χ2v) is 9.09. The lowest BCUT2D eigenvalue weighted by molar-refractivity contribution is -0.129. The number of halogens is 1. The minimum Gasteiger partial charge on any atom is -0.473 e. The van der Waals surface area contributed by atoms with E-state index in [1.807, 2.05) is 0 Å². The Kier molecular flexibility index (Phi) is 7.01. The predicted octanol–water partition coefficient (Wildman–Crippen LogP) is 1.94. The number of amides is 1. The van der Waals surface area contributed by atoms with E-state index in [2.05, 4.69) is 9.97 Å². The van der Waals surface area contributed by atoms with Crippen LogP contribution in [0.1, 0.15) is 30.1 Å². The third kappa shape index (κ3) is 5.21. The molecular formula is C18H21ClN4O5S. The Balaban J connectivity index is 1.71. The van der Waals surface area contributed by atoms with Gasteiger partial charge in [-0.15, -0.1) is 0 Å². The Morgan fingerprint density at radius 2 is 2.03 bits per heavy atom. The highest BCUT2D eigenvalue weighted by atomic mass is 35.5. The molecule has 1 aliphatic heterocycles. The quantitative estimate of drug-likeness (QED) is 0.498. The van der Waals surface area contributed by atoms with Gasteiger partial charge in [-0.1, -0.05) is 17.7 Å². The zero-order chi connectivity index (χ0) is 20.9. The molecule has 3 heterocycles. The van der Waals surface area contributed by atoms with Crippen LogP contribution >= 0.6 is 11.6 Å². The highest BCUT2D eigenvalue weighted by Gasteiger charge is 2.37. The third-order valence-corrected chi connectivity index (χ3v) is 7.21. The van der Waals surface area contributed by atoms with Crippen molar-refractivity contribution >= 4 is 27.5 Å². The lowest BCUT2D eigenvalue weighted by atomic mass is 10.1. The standard InChI is InChI=1S/C18H21ClN4O5S/c19-15-4-2-8-21-18(15)28-14-5-9-23(10-6-14)29(26,27)16(11-17(24)22-25)13-3-1-7-20-12-13/h1-4,7-8,12,14,16,25H,5-6,9-11H2,(H,22,24)/t16-/m1/s1. The molecule has 1 atom stereocenters. The molecule has 0 radical (unpaired) electrons. The minimum atomic E-state index is -3.86. The van der Waals surface area contributed by atoms with Crippen LogP contribution in [0.25, 0.3) is 0 Å². The van der Waals surface area contributed by atoms with Gasteiger partial charge in [0.2, 0.25) is 21.8 Å². The first-order chi connectivity index (χ1) is 13.9. The minimum absolute atomic E-state index is 0.216. The molecule has 1 aliphatic rings. The van der Waals surface area contributed by atoms with Crippen LogP contribution in [-0.2, 0) is 14.8 Å². The van der Waals surface area contributed by atoms with E-state index < -0.39 is 27.6 Å². The van der Waals surface area contributed by atoms with Crippen molar-refractivity contribution in [2.75, 3.05) is 13.1 Å². The van der Waals surface area contributed by atoms with Crippen molar-refractivity contribution in [3.63, 3.8) is 0 Å². The van der Waals surface area contributed by atoms with Gasteiger partial charge in [0.25, 0.3) is 0 Å². The van der Waals surface area contributed by atoms with Gasteiger partial charge in [0.05, 0.1) is 6.42 Å². The number of sulfonamides is 1. The number of aromatic nitrogens is 2. The Bertz CT molecular complexity index is 936. The van der Waals surface area contributed by atoms with E-state index in [4.69, 9.17) is 21.5 Å².